The Hall–Kier alpha value is -2.57. The first-order valence-corrected chi connectivity index (χ1v) is 11.5. The predicted molar refractivity (Wildman–Crippen MR) is 134 cm³/mol. The van der Waals surface area contributed by atoms with Gasteiger partial charge < -0.3 is 10.1 Å². The summed E-state index contributed by atoms with van der Waals surface area (Å²) in [6.07, 6.45) is 14.8. The van der Waals surface area contributed by atoms with Crippen molar-refractivity contribution in [2.24, 2.45) is 0 Å². The fraction of sp³-hybridized carbons (Fsp3) is 0.464. The number of ether oxygens (including phenoxy) is 1. The first-order chi connectivity index (χ1) is 15.2. The smallest absolute Gasteiger partial charge is 0.305 e. The van der Waals surface area contributed by atoms with Crippen LogP contribution in [0.2, 0.25) is 0 Å². The molecule has 0 atom stereocenters. The average molecular weight is 424 g/mol. The third kappa shape index (κ3) is 15.9. The number of hydrogen-bond acceptors (Lipinski definition) is 3. The molecule has 0 saturated heterocycles. The van der Waals surface area contributed by atoms with E-state index in [0.29, 0.717) is 12.8 Å². The Morgan fingerprint density at radius 3 is 2.52 bits per heavy atom. The number of rotatable bonds is 13. The monoisotopic (exact) mass is 423 g/mol. The third-order valence-corrected chi connectivity index (χ3v) is 4.49. The van der Waals surface area contributed by atoms with Gasteiger partial charge in [0.25, 0.3) is 0 Å². The third-order valence-electron chi connectivity index (χ3n) is 4.49. The molecular weight excluding hydrogens is 382 g/mol. The van der Waals surface area contributed by atoms with E-state index in [0.717, 1.165) is 30.6 Å². The molecule has 0 aliphatic rings. The van der Waals surface area contributed by atoms with Gasteiger partial charge in [0, 0.05) is 31.5 Å². The lowest BCUT2D eigenvalue weighted by Crippen LogP contribution is -2.12. The minimum absolute atomic E-state index is 0.202. The normalized spacial score (nSPS) is 10.6. The Labute approximate surface area is 190 Å². The predicted octanol–water partition coefficient (Wildman–Crippen LogP) is 6.75. The van der Waals surface area contributed by atoms with Crippen molar-refractivity contribution in [1.82, 2.24) is 5.32 Å². The zero-order chi connectivity index (χ0) is 23.2. The Morgan fingerprint density at radius 1 is 1.13 bits per heavy atom. The number of methoxy groups -OCH3 is 1. The molecule has 3 heteroatoms. The van der Waals surface area contributed by atoms with E-state index in [1.54, 1.807) is 6.08 Å². The molecule has 0 saturated carbocycles. The SMILES string of the molecule is C=C/C(=C\C=C\CNCc1ccc(C#CCCCCCC)cc1)CCC(=O)OC.CC. The van der Waals surface area contributed by atoms with E-state index in [4.69, 9.17) is 0 Å². The Kier molecular flexibility index (Phi) is 19.0. The molecule has 31 heavy (non-hydrogen) atoms. The molecule has 3 nitrogen and oxygen atoms in total. The van der Waals surface area contributed by atoms with Crippen LogP contribution in [0.1, 0.15) is 76.8 Å². The highest BCUT2D eigenvalue weighted by Crippen LogP contribution is 2.07. The zero-order valence-corrected chi connectivity index (χ0v) is 20.0. The molecule has 0 heterocycles. The van der Waals surface area contributed by atoms with E-state index in [1.807, 2.05) is 26.0 Å². The summed E-state index contributed by atoms with van der Waals surface area (Å²) in [6.45, 7) is 11.6. The van der Waals surface area contributed by atoms with Gasteiger partial charge in [0.15, 0.2) is 0 Å². The van der Waals surface area contributed by atoms with Crippen molar-refractivity contribution in [3.05, 3.63) is 71.8 Å². The number of benzene rings is 1. The first kappa shape index (κ1) is 28.4. The second kappa shape index (κ2) is 20.7. The maximum absolute atomic E-state index is 11.2. The second-order valence-electron chi connectivity index (χ2n) is 6.89. The van der Waals surface area contributed by atoms with Crippen molar-refractivity contribution in [3.63, 3.8) is 0 Å². The van der Waals surface area contributed by atoms with E-state index >= 15 is 0 Å². The molecule has 0 fully saturated rings. The Balaban J connectivity index is 0.00000436. The zero-order valence-electron chi connectivity index (χ0n) is 20.0. The first-order valence-electron chi connectivity index (χ1n) is 11.5. The summed E-state index contributed by atoms with van der Waals surface area (Å²) in [5.41, 5.74) is 3.35. The van der Waals surface area contributed by atoms with Crippen molar-refractivity contribution in [1.29, 1.82) is 0 Å². The second-order valence-corrected chi connectivity index (χ2v) is 6.89. The number of nitrogens with one attached hydrogen (secondary N) is 1. The maximum Gasteiger partial charge on any atom is 0.305 e. The molecule has 1 aromatic carbocycles. The largest absolute Gasteiger partial charge is 0.469 e. The van der Waals surface area contributed by atoms with Crippen LogP contribution in [0.15, 0.2) is 60.7 Å². The molecule has 0 aliphatic carbocycles. The van der Waals surface area contributed by atoms with E-state index in [-0.39, 0.29) is 5.97 Å². The molecular formula is C28H41NO2. The van der Waals surface area contributed by atoms with Crippen molar-refractivity contribution < 1.29 is 9.53 Å². The van der Waals surface area contributed by atoms with Crippen LogP contribution in [0.3, 0.4) is 0 Å². The van der Waals surface area contributed by atoms with Gasteiger partial charge in [-0.2, -0.15) is 0 Å². The number of hydrogen-bond donors (Lipinski definition) is 1. The molecule has 0 unspecified atom stereocenters. The molecule has 0 spiro atoms. The molecule has 1 aromatic rings. The van der Waals surface area contributed by atoms with Crippen molar-refractivity contribution >= 4 is 5.97 Å². The summed E-state index contributed by atoms with van der Waals surface area (Å²) < 4.78 is 4.65. The fourth-order valence-corrected chi connectivity index (χ4v) is 2.67. The van der Waals surface area contributed by atoms with Gasteiger partial charge in [0.05, 0.1) is 7.11 Å². The highest BCUT2D eigenvalue weighted by atomic mass is 16.5. The Morgan fingerprint density at radius 2 is 1.87 bits per heavy atom. The summed E-state index contributed by atoms with van der Waals surface area (Å²) in [7, 11) is 1.40. The van der Waals surface area contributed by atoms with Gasteiger partial charge in [-0.25, -0.2) is 0 Å². The summed E-state index contributed by atoms with van der Waals surface area (Å²) in [5, 5.41) is 3.39. The highest BCUT2D eigenvalue weighted by molar-refractivity contribution is 5.69. The van der Waals surface area contributed by atoms with Crippen LogP contribution < -0.4 is 5.32 Å². The van der Waals surface area contributed by atoms with E-state index in [2.05, 4.69) is 65.7 Å². The fourth-order valence-electron chi connectivity index (χ4n) is 2.67. The number of unbranched alkanes of at least 4 members (excludes halogenated alkanes) is 4. The van der Waals surface area contributed by atoms with Crippen LogP contribution in [-0.4, -0.2) is 19.6 Å². The molecule has 0 aromatic heterocycles. The topological polar surface area (TPSA) is 38.3 Å². The Bertz CT molecular complexity index is 718. The van der Waals surface area contributed by atoms with Crippen LogP contribution in [0, 0.1) is 11.8 Å². The van der Waals surface area contributed by atoms with Gasteiger partial charge in [0.2, 0.25) is 0 Å². The van der Waals surface area contributed by atoms with Crippen LogP contribution in [-0.2, 0) is 16.1 Å². The molecule has 0 amide bonds. The summed E-state index contributed by atoms with van der Waals surface area (Å²) in [4.78, 5) is 11.2. The minimum atomic E-state index is -0.202. The van der Waals surface area contributed by atoms with E-state index in [9.17, 15) is 4.79 Å². The highest BCUT2D eigenvalue weighted by Gasteiger charge is 2.00. The number of allylic oxidation sites excluding steroid dienone is 4. The molecule has 0 aliphatic heterocycles. The van der Waals surface area contributed by atoms with Gasteiger partial charge in [-0.15, -0.1) is 0 Å². The lowest BCUT2D eigenvalue weighted by Gasteiger charge is -2.02. The maximum atomic E-state index is 11.2. The van der Waals surface area contributed by atoms with Crippen LogP contribution >= 0.6 is 0 Å². The lowest BCUT2D eigenvalue weighted by atomic mass is 10.1. The standard InChI is InChI=1S/C26H35NO2.C2H6/c1-4-6-7-8-9-10-14-24-15-17-25(18-16-24)22-27-21-12-11-13-23(5-2)19-20-26(28)29-3;1-2/h5,11-13,15-18,27H,2,4,6-9,19-22H2,1,3H3;1-2H3/b12-11+,23-13+;. The summed E-state index contributed by atoms with van der Waals surface area (Å²) in [5.74, 6) is 6.31. The minimum Gasteiger partial charge on any atom is -0.469 e. The van der Waals surface area contributed by atoms with E-state index in [1.165, 1.54) is 38.4 Å². The molecule has 1 N–H and O–H groups in total. The molecule has 0 bridgehead atoms. The lowest BCUT2D eigenvalue weighted by molar-refractivity contribution is -0.140. The number of carbonyl (C=O) groups is 1. The quantitative estimate of drug-likeness (QED) is 0.165. The van der Waals surface area contributed by atoms with Gasteiger partial charge in [-0.05, 0) is 36.1 Å². The van der Waals surface area contributed by atoms with Crippen LogP contribution in [0.5, 0.6) is 0 Å². The number of esters is 1. The molecule has 0 radical (unpaired) electrons. The molecule has 170 valence electrons. The molecule has 1 rings (SSSR count). The van der Waals surface area contributed by atoms with Gasteiger partial charge in [-0.3, -0.25) is 4.79 Å². The van der Waals surface area contributed by atoms with Crippen molar-refractivity contribution in [3.8, 4) is 11.8 Å². The van der Waals surface area contributed by atoms with Gasteiger partial charge in [-0.1, -0.05) is 94.9 Å². The van der Waals surface area contributed by atoms with Crippen LogP contribution in [0.25, 0.3) is 0 Å². The van der Waals surface area contributed by atoms with Gasteiger partial charge in [0.1, 0.15) is 0 Å². The van der Waals surface area contributed by atoms with E-state index < -0.39 is 0 Å². The number of carbonyl (C=O) groups excluding carboxylic acids is 1. The van der Waals surface area contributed by atoms with Gasteiger partial charge >= 0.3 is 5.97 Å². The van der Waals surface area contributed by atoms with Crippen molar-refractivity contribution in [2.45, 2.75) is 72.3 Å². The van der Waals surface area contributed by atoms with Crippen molar-refractivity contribution in [2.75, 3.05) is 13.7 Å². The average Bonchev–Trinajstić information content (AvgIpc) is 2.82. The summed E-state index contributed by atoms with van der Waals surface area (Å²) >= 11 is 0. The van der Waals surface area contributed by atoms with Crippen LogP contribution in [0.4, 0.5) is 0 Å². The summed E-state index contributed by atoms with van der Waals surface area (Å²) in [6, 6.07) is 8.43.